The minimum Gasteiger partial charge on any atom is -0.494 e. The van der Waals surface area contributed by atoms with Gasteiger partial charge in [0.1, 0.15) is 16.5 Å². The van der Waals surface area contributed by atoms with Crippen LogP contribution in [0, 0.1) is 6.92 Å². The molecule has 0 spiro atoms. The Morgan fingerprint density at radius 1 is 1.16 bits per heavy atom. The van der Waals surface area contributed by atoms with Gasteiger partial charge in [-0.3, -0.25) is 9.59 Å². The fraction of sp³-hybridized carbons (Fsp3) is 0.217. The van der Waals surface area contributed by atoms with Crippen molar-refractivity contribution in [3.63, 3.8) is 0 Å². The molecule has 0 fully saturated rings. The van der Waals surface area contributed by atoms with E-state index in [0.717, 1.165) is 26.2 Å². The highest BCUT2D eigenvalue weighted by atomic mass is 32.1. The highest BCUT2D eigenvalue weighted by Crippen LogP contribution is 2.35. The molecule has 1 N–H and O–H groups in total. The first kappa shape index (κ1) is 21.9. The summed E-state index contributed by atoms with van der Waals surface area (Å²) in [6, 6.07) is 14.2. The molecule has 3 aromatic heterocycles. The molecule has 4 rings (SSSR count). The summed E-state index contributed by atoms with van der Waals surface area (Å²) >= 11 is 3.20. The Morgan fingerprint density at radius 3 is 2.69 bits per heavy atom. The first-order valence-corrected chi connectivity index (χ1v) is 11.9. The van der Waals surface area contributed by atoms with E-state index in [0.29, 0.717) is 17.9 Å². The number of nitrogens with zero attached hydrogens (tertiary/aromatic N) is 3. The standard InChI is InChI=1S/C23H22N4O3S2/c1-3-30-17-8-6-16(7-9-17)22(29)24-12-13-27-20(28)11-10-18(26-27)21-15(2)25-23(32-21)19-5-4-14-31-19/h4-11,14H,3,12-13H2,1-2H3,(H,24,29). The Labute approximate surface area is 193 Å². The van der Waals surface area contributed by atoms with Gasteiger partial charge in [-0.05, 0) is 55.6 Å². The predicted octanol–water partition coefficient (Wildman–Crippen LogP) is 4.23. The van der Waals surface area contributed by atoms with E-state index in [9.17, 15) is 9.59 Å². The van der Waals surface area contributed by atoms with Gasteiger partial charge in [0.15, 0.2) is 0 Å². The number of ether oxygens (including phenoxy) is 1. The average molecular weight is 467 g/mol. The predicted molar refractivity (Wildman–Crippen MR) is 128 cm³/mol. The van der Waals surface area contributed by atoms with Crippen LogP contribution in [0.15, 0.2) is 58.7 Å². The summed E-state index contributed by atoms with van der Waals surface area (Å²) in [4.78, 5) is 31.4. The lowest BCUT2D eigenvalue weighted by Crippen LogP contribution is -2.31. The van der Waals surface area contributed by atoms with E-state index in [1.165, 1.54) is 10.7 Å². The first-order chi connectivity index (χ1) is 15.5. The monoisotopic (exact) mass is 466 g/mol. The van der Waals surface area contributed by atoms with Crippen LogP contribution >= 0.6 is 22.7 Å². The molecule has 1 aromatic carbocycles. The SMILES string of the molecule is CCOc1ccc(C(=O)NCCn2nc(-c3sc(-c4cccs4)nc3C)ccc2=O)cc1. The zero-order chi connectivity index (χ0) is 22.5. The largest absolute Gasteiger partial charge is 0.494 e. The number of rotatable bonds is 8. The molecule has 0 aliphatic carbocycles. The molecule has 0 aliphatic rings. The van der Waals surface area contributed by atoms with Crippen LogP contribution in [0.1, 0.15) is 23.0 Å². The van der Waals surface area contributed by atoms with Gasteiger partial charge in [-0.2, -0.15) is 5.10 Å². The van der Waals surface area contributed by atoms with Crippen LogP contribution in [0.25, 0.3) is 20.5 Å². The minimum absolute atomic E-state index is 0.212. The van der Waals surface area contributed by atoms with E-state index in [-0.39, 0.29) is 24.6 Å². The van der Waals surface area contributed by atoms with E-state index >= 15 is 0 Å². The van der Waals surface area contributed by atoms with Gasteiger partial charge in [-0.1, -0.05) is 6.07 Å². The Balaban J connectivity index is 1.43. The van der Waals surface area contributed by atoms with Crippen molar-refractivity contribution in [2.24, 2.45) is 0 Å². The normalized spacial score (nSPS) is 10.8. The lowest BCUT2D eigenvalue weighted by atomic mass is 10.2. The molecular weight excluding hydrogens is 444 g/mol. The number of carbonyl (C=O) groups is 1. The summed E-state index contributed by atoms with van der Waals surface area (Å²) in [5.74, 6) is 0.508. The zero-order valence-electron chi connectivity index (χ0n) is 17.7. The molecule has 7 nitrogen and oxygen atoms in total. The van der Waals surface area contributed by atoms with E-state index in [1.54, 1.807) is 53.0 Å². The maximum atomic E-state index is 12.4. The summed E-state index contributed by atoms with van der Waals surface area (Å²) < 4.78 is 6.76. The van der Waals surface area contributed by atoms with Gasteiger partial charge >= 0.3 is 0 Å². The molecule has 3 heterocycles. The molecule has 32 heavy (non-hydrogen) atoms. The number of thiophene rings is 1. The fourth-order valence-corrected chi connectivity index (χ4v) is 4.94. The molecule has 0 saturated heterocycles. The maximum absolute atomic E-state index is 12.4. The molecule has 1 amide bonds. The van der Waals surface area contributed by atoms with Gasteiger partial charge in [-0.15, -0.1) is 22.7 Å². The molecule has 4 aromatic rings. The van der Waals surface area contributed by atoms with Crippen molar-refractivity contribution in [1.82, 2.24) is 20.1 Å². The summed E-state index contributed by atoms with van der Waals surface area (Å²) in [5, 5.41) is 10.3. The number of benzene rings is 1. The maximum Gasteiger partial charge on any atom is 0.266 e. The fourth-order valence-electron chi connectivity index (χ4n) is 3.12. The molecule has 9 heteroatoms. The average Bonchev–Trinajstić information content (AvgIpc) is 3.46. The number of carbonyl (C=O) groups excluding carboxylic acids is 1. The van der Waals surface area contributed by atoms with Crippen LogP contribution in [0.4, 0.5) is 0 Å². The number of aromatic nitrogens is 3. The zero-order valence-corrected chi connectivity index (χ0v) is 19.3. The lowest BCUT2D eigenvalue weighted by Gasteiger charge is -2.09. The molecular formula is C23H22N4O3S2. The van der Waals surface area contributed by atoms with Gasteiger partial charge in [0, 0.05) is 18.2 Å². The van der Waals surface area contributed by atoms with Crippen LogP contribution in [-0.4, -0.2) is 33.8 Å². The second-order valence-corrected chi connectivity index (χ2v) is 8.85. The third kappa shape index (κ3) is 4.95. The summed E-state index contributed by atoms with van der Waals surface area (Å²) in [5.41, 5.74) is 1.88. The van der Waals surface area contributed by atoms with Crippen molar-refractivity contribution >= 4 is 28.6 Å². The van der Waals surface area contributed by atoms with Crippen LogP contribution in [0.2, 0.25) is 0 Å². The van der Waals surface area contributed by atoms with Gasteiger partial charge < -0.3 is 10.1 Å². The van der Waals surface area contributed by atoms with Crippen LogP contribution in [0.3, 0.4) is 0 Å². The molecule has 0 unspecified atom stereocenters. The lowest BCUT2D eigenvalue weighted by molar-refractivity contribution is 0.0951. The molecule has 0 aliphatic heterocycles. The van der Waals surface area contributed by atoms with Crippen molar-refractivity contribution in [3.8, 4) is 26.2 Å². The number of hydrogen-bond donors (Lipinski definition) is 1. The third-order valence-corrected chi connectivity index (χ3v) is 6.88. The molecule has 0 bridgehead atoms. The van der Waals surface area contributed by atoms with E-state index < -0.39 is 0 Å². The molecule has 0 saturated carbocycles. The van der Waals surface area contributed by atoms with Crippen LogP contribution < -0.4 is 15.6 Å². The minimum atomic E-state index is -0.218. The first-order valence-electron chi connectivity index (χ1n) is 10.2. The topological polar surface area (TPSA) is 86.1 Å². The molecule has 164 valence electrons. The van der Waals surface area contributed by atoms with E-state index in [4.69, 9.17) is 4.74 Å². The third-order valence-electron chi connectivity index (χ3n) is 4.66. The second kappa shape index (κ2) is 9.88. The van der Waals surface area contributed by atoms with Gasteiger partial charge in [0.05, 0.1) is 28.6 Å². The molecule has 0 radical (unpaired) electrons. The van der Waals surface area contributed by atoms with Crippen LogP contribution in [0.5, 0.6) is 5.75 Å². The Bertz CT molecular complexity index is 1260. The smallest absolute Gasteiger partial charge is 0.266 e. The Kier molecular flexibility index (Phi) is 6.77. The molecule has 0 atom stereocenters. The second-order valence-electron chi connectivity index (χ2n) is 6.90. The highest BCUT2D eigenvalue weighted by molar-refractivity contribution is 7.23. The number of amides is 1. The number of thiazole rings is 1. The summed E-state index contributed by atoms with van der Waals surface area (Å²) in [6.07, 6.45) is 0. The summed E-state index contributed by atoms with van der Waals surface area (Å²) in [6.45, 7) is 4.97. The van der Waals surface area contributed by atoms with Crippen molar-refractivity contribution in [3.05, 3.63) is 75.5 Å². The van der Waals surface area contributed by atoms with E-state index in [1.807, 2.05) is 31.4 Å². The van der Waals surface area contributed by atoms with Crippen molar-refractivity contribution < 1.29 is 9.53 Å². The quantitative estimate of drug-likeness (QED) is 0.420. The van der Waals surface area contributed by atoms with E-state index in [2.05, 4.69) is 15.4 Å². The van der Waals surface area contributed by atoms with Crippen molar-refractivity contribution in [1.29, 1.82) is 0 Å². The number of hydrogen-bond acceptors (Lipinski definition) is 7. The van der Waals surface area contributed by atoms with Gasteiger partial charge in [0.2, 0.25) is 0 Å². The Hall–Kier alpha value is -3.30. The number of aryl methyl sites for hydroxylation is 1. The Morgan fingerprint density at radius 2 is 1.97 bits per heavy atom. The van der Waals surface area contributed by atoms with Crippen molar-refractivity contribution in [2.75, 3.05) is 13.2 Å². The summed E-state index contributed by atoms with van der Waals surface area (Å²) in [7, 11) is 0. The highest BCUT2D eigenvalue weighted by Gasteiger charge is 2.14. The van der Waals surface area contributed by atoms with Crippen LogP contribution in [-0.2, 0) is 6.54 Å². The van der Waals surface area contributed by atoms with Crippen molar-refractivity contribution in [2.45, 2.75) is 20.4 Å². The number of nitrogens with one attached hydrogen (secondary N) is 1. The van der Waals surface area contributed by atoms with Gasteiger partial charge in [0.25, 0.3) is 11.5 Å². The van der Waals surface area contributed by atoms with Gasteiger partial charge in [-0.25, -0.2) is 9.67 Å².